The van der Waals surface area contributed by atoms with Crippen LogP contribution in [0.15, 0.2) is 0 Å². The Bertz CT molecular complexity index is 114. The lowest BCUT2D eigenvalue weighted by Gasteiger charge is -2.31. The Morgan fingerprint density at radius 1 is 1.45 bits per heavy atom. The number of ether oxygens (including phenoxy) is 1. The summed E-state index contributed by atoms with van der Waals surface area (Å²) in [4.78, 5) is 0. The van der Waals surface area contributed by atoms with Gasteiger partial charge < -0.3 is 9.84 Å². The normalized spacial score (nSPS) is 39.0. The zero-order chi connectivity index (χ0) is 8.27. The molecule has 1 fully saturated rings. The summed E-state index contributed by atoms with van der Waals surface area (Å²) in [6.07, 6.45) is 4.20. The molecule has 0 heterocycles. The number of hydrogen-bond donors (Lipinski definition) is 1. The monoisotopic (exact) mass is 158 g/mol. The van der Waals surface area contributed by atoms with Crippen molar-refractivity contribution in [1.82, 2.24) is 0 Å². The van der Waals surface area contributed by atoms with Crippen LogP contribution >= 0.6 is 0 Å². The Hall–Kier alpha value is -0.0800. The molecule has 0 saturated heterocycles. The molecule has 3 atom stereocenters. The van der Waals surface area contributed by atoms with Gasteiger partial charge in [0.05, 0.1) is 12.2 Å². The van der Waals surface area contributed by atoms with Gasteiger partial charge >= 0.3 is 0 Å². The van der Waals surface area contributed by atoms with Crippen molar-refractivity contribution in [2.24, 2.45) is 5.92 Å². The number of aliphatic hydroxyl groups is 1. The molecule has 0 aromatic rings. The molecule has 1 rings (SSSR count). The van der Waals surface area contributed by atoms with E-state index in [4.69, 9.17) is 4.74 Å². The van der Waals surface area contributed by atoms with E-state index in [0.29, 0.717) is 0 Å². The Morgan fingerprint density at radius 2 is 2.18 bits per heavy atom. The minimum atomic E-state index is -0.220. The fourth-order valence-electron chi connectivity index (χ4n) is 1.82. The van der Waals surface area contributed by atoms with E-state index in [9.17, 15) is 5.11 Å². The maximum atomic E-state index is 9.46. The molecule has 1 saturated carbocycles. The molecular weight excluding hydrogens is 140 g/mol. The average molecular weight is 158 g/mol. The molecule has 66 valence electrons. The minimum absolute atomic E-state index is 0.0914. The van der Waals surface area contributed by atoms with Gasteiger partial charge in [-0.15, -0.1) is 0 Å². The second kappa shape index (κ2) is 4.07. The molecule has 0 aliphatic heterocycles. The summed E-state index contributed by atoms with van der Waals surface area (Å²) in [6.45, 7) is 2.20. The van der Waals surface area contributed by atoms with Crippen LogP contribution in [0.1, 0.15) is 32.6 Å². The van der Waals surface area contributed by atoms with Gasteiger partial charge in [-0.05, 0) is 25.2 Å². The van der Waals surface area contributed by atoms with Gasteiger partial charge in [-0.25, -0.2) is 0 Å². The molecule has 1 aliphatic carbocycles. The fraction of sp³-hybridized carbons (Fsp3) is 1.00. The van der Waals surface area contributed by atoms with E-state index in [0.717, 1.165) is 25.2 Å². The van der Waals surface area contributed by atoms with Crippen LogP contribution in [0.4, 0.5) is 0 Å². The molecule has 0 spiro atoms. The SMILES string of the molecule is CCC1CC[C@@H](O)[C@H](OC)C1. The van der Waals surface area contributed by atoms with Gasteiger partial charge in [-0.2, -0.15) is 0 Å². The van der Waals surface area contributed by atoms with Crippen molar-refractivity contribution < 1.29 is 9.84 Å². The molecule has 0 aromatic carbocycles. The third kappa shape index (κ3) is 2.17. The van der Waals surface area contributed by atoms with Gasteiger partial charge in [0.25, 0.3) is 0 Å². The zero-order valence-corrected chi connectivity index (χ0v) is 7.42. The fourth-order valence-corrected chi connectivity index (χ4v) is 1.82. The van der Waals surface area contributed by atoms with Gasteiger partial charge in [0.2, 0.25) is 0 Å². The maximum Gasteiger partial charge on any atom is 0.0832 e. The summed E-state index contributed by atoms with van der Waals surface area (Å²) in [7, 11) is 1.69. The molecule has 1 unspecified atom stereocenters. The number of aliphatic hydroxyl groups excluding tert-OH is 1. The molecule has 0 amide bonds. The first kappa shape index (κ1) is 9.01. The van der Waals surface area contributed by atoms with E-state index in [1.807, 2.05) is 0 Å². The predicted octanol–water partition coefficient (Wildman–Crippen LogP) is 1.57. The molecule has 2 heteroatoms. The smallest absolute Gasteiger partial charge is 0.0832 e. The number of hydrogen-bond acceptors (Lipinski definition) is 2. The molecule has 2 nitrogen and oxygen atoms in total. The van der Waals surface area contributed by atoms with E-state index < -0.39 is 0 Å². The molecule has 1 N–H and O–H groups in total. The van der Waals surface area contributed by atoms with E-state index >= 15 is 0 Å². The van der Waals surface area contributed by atoms with Crippen LogP contribution in [0, 0.1) is 5.92 Å². The number of methoxy groups -OCH3 is 1. The van der Waals surface area contributed by atoms with Crippen molar-refractivity contribution in [3.8, 4) is 0 Å². The van der Waals surface area contributed by atoms with E-state index in [1.54, 1.807) is 7.11 Å². The predicted molar refractivity (Wildman–Crippen MR) is 44.4 cm³/mol. The van der Waals surface area contributed by atoms with Crippen LogP contribution < -0.4 is 0 Å². The van der Waals surface area contributed by atoms with E-state index in [1.165, 1.54) is 6.42 Å². The molecule has 0 aromatic heterocycles. The van der Waals surface area contributed by atoms with Gasteiger partial charge in [0.15, 0.2) is 0 Å². The zero-order valence-electron chi connectivity index (χ0n) is 7.42. The molecule has 0 radical (unpaired) electrons. The van der Waals surface area contributed by atoms with Crippen LogP contribution in [-0.4, -0.2) is 24.4 Å². The van der Waals surface area contributed by atoms with Crippen molar-refractivity contribution in [1.29, 1.82) is 0 Å². The lowest BCUT2D eigenvalue weighted by molar-refractivity contribution is -0.0507. The first-order valence-electron chi connectivity index (χ1n) is 4.48. The lowest BCUT2D eigenvalue weighted by Crippen LogP contribution is -2.34. The van der Waals surface area contributed by atoms with Gasteiger partial charge in [-0.3, -0.25) is 0 Å². The highest BCUT2D eigenvalue weighted by atomic mass is 16.5. The second-order valence-electron chi connectivity index (χ2n) is 3.43. The highest BCUT2D eigenvalue weighted by Gasteiger charge is 2.27. The quantitative estimate of drug-likeness (QED) is 0.661. The second-order valence-corrected chi connectivity index (χ2v) is 3.43. The van der Waals surface area contributed by atoms with Crippen LogP contribution in [0.2, 0.25) is 0 Å². The van der Waals surface area contributed by atoms with Crippen LogP contribution in [0.25, 0.3) is 0 Å². The summed E-state index contributed by atoms with van der Waals surface area (Å²) in [6, 6.07) is 0. The van der Waals surface area contributed by atoms with E-state index in [2.05, 4.69) is 6.92 Å². The van der Waals surface area contributed by atoms with Crippen LogP contribution in [0.3, 0.4) is 0 Å². The van der Waals surface area contributed by atoms with Crippen molar-refractivity contribution >= 4 is 0 Å². The summed E-state index contributed by atoms with van der Waals surface area (Å²) >= 11 is 0. The molecule has 0 bridgehead atoms. The van der Waals surface area contributed by atoms with E-state index in [-0.39, 0.29) is 12.2 Å². The average Bonchev–Trinajstić information content (AvgIpc) is 2.05. The van der Waals surface area contributed by atoms with Gasteiger partial charge in [0.1, 0.15) is 0 Å². The Balaban J connectivity index is 2.37. The van der Waals surface area contributed by atoms with Crippen LogP contribution in [-0.2, 0) is 4.74 Å². The van der Waals surface area contributed by atoms with Gasteiger partial charge in [-0.1, -0.05) is 13.3 Å². The molecule has 1 aliphatic rings. The minimum Gasteiger partial charge on any atom is -0.390 e. The Kier molecular flexibility index (Phi) is 3.34. The van der Waals surface area contributed by atoms with Crippen molar-refractivity contribution in [2.45, 2.75) is 44.8 Å². The lowest BCUT2D eigenvalue weighted by atomic mass is 9.84. The van der Waals surface area contributed by atoms with Crippen molar-refractivity contribution in [2.75, 3.05) is 7.11 Å². The summed E-state index contributed by atoms with van der Waals surface area (Å²) in [5, 5.41) is 9.46. The largest absolute Gasteiger partial charge is 0.390 e. The first-order valence-corrected chi connectivity index (χ1v) is 4.48. The number of rotatable bonds is 2. The first-order chi connectivity index (χ1) is 5.27. The third-order valence-corrected chi connectivity index (χ3v) is 2.75. The molecule has 11 heavy (non-hydrogen) atoms. The maximum absolute atomic E-state index is 9.46. The topological polar surface area (TPSA) is 29.5 Å². The van der Waals surface area contributed by atoms with Gasteiger partial charge in [0, 0.05) is 7.11 Å². The highest BCUT2D eigenvalue weighted by Crippen LogP contribution is 2.28. The van der Waals surface area contributed by atoms with Crippen molar-refractivity contribution in [3.05, 3.63) is 0 Å². The van der Waals surface area contributed by atoms with Crippen molar-refractivity contribution in [3.63, 3.8) is 0 Å². The highest BCUT2D eigenvalue weighted by molar-refractivity contribution is 4.79. The standard InChI is InChI=1S/C9H18O2/c1-3-7-4-5-8(10)9(6-7)11-2/h7-10H,3-6H2,1-2H3/t7?,8-,9-/m1/s1. The Morgan fingerprint density at radius 3 is 2.73 bits per heavy atom. The molecular formula is C9H18O2. The summed E-state index contributed by atoms with van der Waals surface area (Å²) < 4.78 is 5.19. The third-order valence-electron chi connectivity index (χ3n) is 2.75. The summed E-state index contributed by atoms with van der Waals surface area (Å²) in [5.41, 5.74) is 0. The Labute approximate surface area is 68.6 Å². The van der Waals surface area contributed by atoms with Crippen LogP contribution in [0.5, 0.6) is 0 Å². The summed E-state index contributed by atoms with van der Waals surface area (Å²) in [5.74, 6) is 0.767.